The fourth-order valence-electron chi connectivity index (χ4n) is 2.40. The summed E-state index contributed by atoms with van der Waals surface area (Å²) in [6.45, 7) is 18.7. The van der Waals surface area contributed by atoms with Crippen molar-refractivity contribution in [3.05, 3.63) is 24.3 Å². The number of hydrogen-bond donors (Lipinski definition) is 0. The van der Waals surface area contributed by atoms with E-state index < -0.39 is 5.60 Å². The lowest BCUT2D eigenvalue weighted by Crippen LogP contribution is -2.59. The van der Waals surface area contributed by atoms with Crippen molar-refractivity contribution in [2.24, 2.45) is 5.41 Å². The number of esters is 2. The zero-order valence-electron chi connectivity index (χ0n) is 16.7. The summed E-state index contributed by atoms with van der Waals surface area (Å²) < 4.78 is 20.7. The molecule has 2 heterocycles. The first kappa shape index (κ1) is 22.4. The van der Waals surface area contributed by atoms with Gasteiger partial charge >= 0.3 is 11.9 Å². The Bertz CT molecular complexity index is 539. The predicted molar refractivity (Wildman–Crippen MR) is 98.7 cm³/mol. The second-order valence-corrected chi connectivity index (χ2v) is 7.24. The average molecular weight is 368 g/mol. The van der Waals surface area contributed by atoms with E-state index in [4.69, 9.17) is 18.9 Å². The third-order valence-electron chi connectivity index (χ3n) is 4.99. The van der Waals surface area contributed by atoms with Crippen LogP contribution in [0.5, 0.6) is 0 Å². The summed E-state index contributed by atoms with van der Waals surface area (Å²) in [5.74, 6) is -0.628. The van der Waals surface area contributed by atoms with Crippen LogP contribution in [0.1, 0.15) is 47.5 Å². The number of ether oxygens (including phenoxy) is 4. The van der Waals surface area contributed by atoms with E-state index >= 15 is 0 Å². The summed E-state index contributed by atoms with van der Waals surface area (Å²) in [5.41, 5.74) is 0.555. The molecule has 148 valence electrons. The maximum atomic E-state index is 11.3. The molecule has 0 saturated carbocycles. The third kappa shape index (κ3) is 5.42. The normalized spacial score (nSPS) is 25.5. The van der Waals surface area contributed by atoms with Gasteiger partial charge in [-0.3, -0.25) is 0 Å². The SMILES string of the molecule is C=C(C)C(=O)OC1(CC)COC1C.C=C(C)C(=O)OCC1(CC)COC1. The number of carbonyl (C=O) groups is 2. The quantitative estimate of drug-likeness (QED) is 0.508. The van der Waals surface area contributed by atoms with Gasteiger partial charge in [-0.15, -0.1) is 0 Å². The first-order chi connectivity index (χ1) is 12.1. The van der Waals surface area contributed by atoms with Crippen LogP contribution in [0, 0.1) is 5.41 Å². The van der Waals surface area contributed by atoms with Crippen LogP contribution in [-0.4, -0.2) is 50.1 Å². The van der Waals surface area contributed by atoms with E-state index in [-0.39, 0.29) is 23.5 Å². The summed E-state index contributed by atoms with van der Waals surface area (Å²) in [5, 5.41) is 0. The molecule has 0 bridgehead atoms. The molecule has 0 aromatic heterocycles. The van der Waals surface area contributed by atoms with Crippen molar-refractivity contribution in [1.29, 1.82) is 0 Å². The molecular formula is C20H32O6. The van der Waals surface area contributed by atoms with Crippen molar-refractivity contribution in [2.45, 2.75) is 59.2 Å². The molecule has 2 fully saturated rings. The second kappa shape index (κ2) is 9.33. The second-order valence-electron chi connectivity index (χ2n) is 7.24. The monoisotopic (exact) mass is 368 g/mol. The lowest BCUT2D eigenvalue weighted by molar-refractivity contribution is -0.246. The van der Waals surface area contributed by atoms with Crippen LogP contribution in [0.4, 0.5) is 0 Å². The zero-order valence-corrected chi connectivity index (χ0v) is 16.7. The van der Waals surface area contributed by atoms with Gasteiger partial charge in [0.05, 0.1) is 31.3 Å². The van der Waals surface area contributed by atoms with Crippen molar-refractivity contribution in [3.8, 4) is 0 Å². The van der Waals surface area contributed by atoms with E-state index in [0.717, 1.165) is 12.8 Å². The number of rotatable bonds is 7. The van der Waals surface area contributed by atoms with Gasteiger partial charge in [-0.2, -0.15) is 0 Å². The van der Waals surface area contributed by atoms with E-state index in [2.05, 4.69) is 20.1 Å². The highest BCUT2D eigenvalue weighted by Crippen LogP contribution is 2.33. The third-order valence-corrected chi connectivity index (χ3v) is 4.99. The molecule has 2 aliphatic rings. The molecule has 2 aliphatic heterocycles. The maximum absolute atomic E-state index is 11.3. The predicted octanol–water partition coefficient (Wildman–Crippen LogP) is 3.21. The van der Waals surface area contributed by atoms with E-state index in [1.54, 1.807) is 13.8 Å². The maximum Gasteiger partial charge on any atom is 0.333 e. The minimum Gasteiger partial charge on any atom is -0.462 e. The molecule has 0 aliphatic carbocycles. The molecule has 0 spiro atoms. The summed E-state index contributed by atoms with van der Waals surface area (Å²) >= 11 is 0. The van der Waals surface area contributed by atoms with Crippen molar-refractivity contribution < 1.29 is 28.5 Å². The first-order valence-electron chi connectivity index (χ1n) is 9.02. The molecule has 6 heteroatoms. The Labute approximate surface area is 156 Å². The molecule has 0 radical (unpaired) electrons. The molecule has 0 N–H and O–H groups in total. The van der Waals surface area contributed by atoms with Crippen molar-refractivity contribution >= 4 is 11.9 Å². The minimum absolute atomic E-state index is 0.000741. The molecule has 0 amide bonds. The highest BCUT2D eigenvalue weighted by molar-refractivity contribution is 5.87. The summed E-state index contributed by atoms with van der Waals surface area (Å²) in [4.78, 5) is 22.4. The van der Waals surface area contributed by atoms with E-state index in [9.17, 15) is 9.59 Å². The smallest absolute Gasteiger partial charge is 0.333 e. The van der Waals surface area contributed by atoms with Crippen molar-refractivity contribution in [1.82, 2.24) is 0 Å². The lowest BCUT2D eigenvalue weighted by Gasteiger charge is -2.45. The summed E-state index contributed by atoms with van der Waals surface area (Å²) in [6.07, 6.45) is 1.77. The minimum atomic E-state index is -0.407. The van der Waals surface area contributed by atoms with Gasteiger partial charge in [-0.1, -0.05) is 27.0 Å². The Morgan fingerprint density at radius 2 is 1.62 bits per heavy atom. The fourth-order valence-corrected chi connectivity index (χ4v) is 2.40. The fraction of sp³-hybridized carbons (Fsp3) is 0.700. The van der Waals surface area contributed by atoms with Gasteiger partial charge < -0.3 is 18.9 Å². The topological polar surface area (TPSA) is 71.1 Å². The van der Waals surface area contributed by atoms with Gasteiger partial charge in [0.2, 0.25) is 0 Å². The highest BCUT2D eigenvalue weighted by Gasteiger charge is 2.48. The first-order valence-corrected chi connectivity index (χ1v) is 9.02. The van der Waals surface area contributed by atoms with Crippen LogP contribution in [0.25, 0.3) is 0 Å². The van der Waals surface area contributed by atoms with Gasteiger partial charge in [0.15, 0.2) is 5.60 Å². The van der Waals surface area contributed by atoms with Crippen LogP contribution >= 0.6 is 0 Å². The number of carbonyl (C=O) groups excluding carboxylic acids is 2. The molecule has 2 saturated heterocycles. The molecule has 0 aromatic carbocycles. The van der Waals surface area contributed by atoms with E-state index in [1.807, 2.05) is 13.8 Å². The Kier molecular flexibility index (Phi) is 8.03. The summed E-state index contributed by atoms with van der Waals surface area (Å²) in [7, 11) is 0. The van der Waals surface area contributed by atoms with Crippen LogP contribution in [0.15, 0.2) is 24.3 Å². The lowest BCUT2D eigenvalue weighted by atomic mass is 9.84. The average Bonchev–Trinajstić information content (AvgIpc) is 2.57. The number of hydrogen-bond acceptors (Lipinski definition) is 6. The standard InChI is InChI=1S/2C10H16O3/c1-5-10(6-12-8(10)4)13-9(11)7(2)3;1-4-10(5-12-6-10)7-13-9(11)8(2)3/h8H,2,5-6H2,1,3-4H3;2,4-7H2,1,3H3. The molecule has 2 atom stereocenters. The van der Waals surface area contributed by atoms with Gasteiger partial charge in [-0.25, -0.2) is 9.59 Å². The van der Waals surface area contributed by atoms with Gasteiger partial charge in [0.1, 0.15) is 6.61 Å². The van der Waals surface area contributed by atoms with Crippen molar-refractivity contribution in [2.75, 3.05) is 26.4 Å². The molecule has 2 unspecified atom stereocenters. The van der Waals surface area contributed by atoms with Crippen LogP contribution in [0.2, 0.25) is 0 Å². The van der Waals surface area contributed by atoms with Gasteiger partial charge in [0, 0.05) is 11.1 Å². The van der Waals surface area contributed by atoms with E-state index in [0.29, 0.717) is 37.6 Å². The van der Waals surface area contributed by atoms with Gasteiger partial charge in [-0.05, 0) is 33.6 Å². The van der Waals surface area contributed by atoms with Crippen molar-refractivity contribution in [3.63, 3.8) is 0 Å². The van der Waals surface area contributed by atoms with Crippen LogP contribution < -0.4 is 0 Å². The Morgan fingerprint density at radius 3 is 1.88 bits per heavy atom. The largest absolute Gasteiger partial charge is 0.462 e. The Balaban J connectivity index is 0.000000260. The zero-order chi connectivity index (χ0) is 20.0. The Hall–Kier alpha value is -1.66. The van der Waals surface area contributed by atoms with Gasteiger partial charge in [0.25, 0.3) is 0 Å². The van der Waals surface area contributed by atoms with Crippen LogP contribution in [0.3, 0.4) is 0 Å². The molecule has 26 heavy (non-hydrogen) atoms. The van der Waals surface area contributed by atoms with Crippen LogP contribution in [-0.2, 0) is 28.5 Å². The molecule has 0 aromatic rings. The molecular weight excluding hydrogens is 336 g/mol. The highest BCUT2D eigenvalue weighted by atomic mass is 16.6. The van der Waals surface area contributed by atoms with E-state index in [1.165, 1.54) is 0 Å². The Morgan fingerprint density at radius 1 is 1.04 bits per heavy atom. The molecule has 6 nitrogen and oxygen atoms in total. The summed E-state index contributed by atoms with van der Waals surface area (Å²) in [6, 6.07) is 0. The molecule has 2 rings (SSSR count).